The van der Waals surface area contributed by atoms with Crippen molar-refractivity contribution in [3.05, 3.63) is 108 Å². The van der Waals surface area contributed by atoms with Crippen LogP contribution in [0, 0.1) is 11.3 Å². The predicted octanol–water partition coefficient (Wildman–Crippen LogP) is 15.9. The Kier molecular flexibility index (Phi) is 16.2. The summed E-state index contributed by atoms with van der Waals surface area (Å²) in [5.41, 5.74) is 3.75. The van der Waals surface area contributed by atoms with E-state index in [1.54, 1.807) is 25.6 Å². The normalized spacial score (nSPS) is 11.6. The van der Waals surface area contributed by atoms with Crippen LogP contribution in [0.15, 0.2) is 103 Å². The van der Waals surface area contributed by atoms with Gasteiger partial charge in [0.15, 0.2) is 11.5 Å². The van der Waals surface area contributed by atoms with Crippen LogP contribution in [0.4, 0.5) is 17.1 Å². The van der Waals surface area contributed by atoms with Gasteiger partial charge in [0.05, 0.1) is 36.8 Å². The summed E-state index contributed by atoms with van der Waals surface area (Å²) in [4.78, 5) is 16.0. The molecule has 0 saturated carbocycles. The minimum absolute atomic E-state index is 0.300. The Bertz CT molecular complexity index is 2660. The van der Waals surface area contributed by atoms with Gasteiger partial charge in [-0.05, 0) is 120 Å². The van der Waals surface area contributed by atoms with Crippen molar-refractivity contribution in [2.45, 2.75) is 90.9 Å². The summed E-state index contributed by atoms with van der Waals surface area (Å²) in [6.07, 6.45) is 15.5. The number of hydrogen-bond donors (Lipinski definition) is 1. The summed E-state index contributed by atoms with van der Waals surface area (Å²) in [5, 5.41) is 23.6. The van der Waals surface area contributed by atoms with Crippen LogP contribution in [0.25, 0.3) is 47.5 Å². The Hall–Kier alpha value is -6.02. The van der Waals surface area contributed by atoms with Gasteiger partial charge in [-0.3, -0.25) is 0 Å². The lowest BCUT2D eigenvalue weighted by Crippen LogP contribution is -2.09. The standard InChI is InChI=1S/C54H58N2O6S2/c1-5-7-9-11-13-15-29-61-49-33-45-46(34-50(49)62-30-16-14-12-10-8-6-2)48-35-51(64-53(48)52-47(45)32-44(63-52)31-38(36-55)54(57)58)37-17-19-39(20-18-37)56(40-21-25-42(59-3)26-22-40)41-23-27-43(60-4)28-24-41/h17-28,31-35H,5-16,29-30H2,1-4H3,(H,57,58)/b38-31-. The number of hydrogen-bond acceptors (Lipinski definition) is 9. The third kappa shape index (κ3) is 11.0. The average Bonchev–Trinajstić information content (AvgIpc) is 3.97. The van der Waals surface area contributed by atoms with Gasteiger partial charge in [-0.25, -0.2) is 4.79 Å². The topological polar surface area (TPSA) is 101 Å². The van der Waals surface area contributed by atoms with Gasteiger partial charge in [-0.1, -0.05) is 90.2 Å². The van der Waals surface area contributed by atoms with Crippen molar-refractivity contribution in [1.29, 1.82) is 5.26 Å². The summed E-state index contributed by atoms with van der Waals surface area (Å²) in [6, 6.07) is 35.1. The van der Waals surface area contributed by atoms with E-state index >= 15 is 0 Å². The molecule has 8 nitrogen and oxygen atoms in total. The fourth-order valence-electron chi connectivity index (χ4n) is 8.08. The van der Waals surface area contributed by atoms with Gasteiger partial charge >= 0.3 is 5.97 Å². The summed E-state index contributed by atoms with van der Waals surface area (Å²) in [6.45, 7) is 5.69. The van der Waals surface area contributed by atoms with Crippen LogP contribution in [0.3, 0.4) is 0 Å². The zero-order valence-corrected chi connectivity index (χ0v) is 39.0. The number of carbonyl (C=O) groups is 1. The molecule has 0 saturated heterocycles. The third-order valence-corrected chi connectivity index (χ3v) is 14.0. The maximum Gasteiger partial charge on any atom is 0.346 e. The minimum atomic E-state index is -1.24. The average molecular weight is 895 g/mol. The van der Waals surface area contributed by atoms with Gasteiger partial charge < -0.3 is 29.0 Å². The van der Waals surface area contributed by atoms with Crippen molar-refractivity contribution in [3.63, 3.8) is 0 Å². The lowest BCUT2D eigenvalue weighted by atomic mass is 10.0. The van der Waals surface area contributed by atoms with Gasteiger partial charge in [0.1, 0.15) is 23.1 Å². The molecule has 0 aliphatic heterocycles. The summed E-state index contributed by atoms with van der Waals surface area (Å²) in [7, 11) is 3.34. The van der Waals surface area contributed by atoms with Crippen LogP contribution in [0.2, 0.25) is 0 Å². The SMILES string of the molecule is CCCCCCCCOc1cc2c(cc1OCCCCCCCC)c1cc(-c3ccc(N(c4ccc(OC)cc4)c4ccc(OC)cc4)cc3)sc1c1sc(/C=C(/C#N)C(=O)O)cc21. The monoisotopic (exact) mass is 894 g/mol. The highest BCUT2D eigenvalue weighted by molar-refractivity contribution is 7.29. The van der Waals surface area contributed by atoms with Gasteiger partial charge in [-0.15, -0.1) is 22.7 Å². The molecular formula is C54H58N2O6S2. The molecule has 0 bridgehead atoms. The number of rotatable bonds is 24. The molecule has 10 heteroatoms. The van der Waals surface area contributed by atoms with Crippen LogP contribution in [0.1, 0.15) is 95.8 Å². The first-order valence-corrected chi connectivity index (χ1v) is 24.2. The molecule has 0 fully saturated rings. The number of benzene rings is 5. The number of ether oxygens (including phenoxy) is 4. The predicted molar refractivity (Wildman–Crippen MR) is 267 cm³/mol. The molecule has 0 amide bonds. The maximum atomic E-state index is 11.9. The Morgan fingerprint density at radius 1 is 0.609 bits per heavy atom. The Labute approximate surface area is 385 Å². The van der Waals surface area contributed by atoms with Gasteiger partial charge in [0.2, 0.25) is 0 Å². The summed E-state index contributed by atoms with van der Waals surface area (Å²) in [5.74, 6) is 1.80. The first kappa shape index (κ1) is 46.0. The van der Waals surface area contributed by atoms with Crippen LogP contribution in [-0.4, -0.2) is 38.5 Å². The van der Waals surface area contributed by atoms with E-state index in [2.05, 4.69) is 85.5 Å². The molecule has 332 valence electrons. The van der Waals surface area contributed by atoms with E-state index in [0.29, 0.717) is 18.1 Å². The van der Waals surface area contributed by atoms with E-state index in [4.69, 9.17) is 18.9 Å². The molecule has 0 aliphatic rings. The molecule has 0 spiro atoms. The highest BCUT2D eigenvalue weighted by Gasteiger charge is 2.21. The first-order valence-electron chi connectivity index (χ1n) is 22.6. The van der Waals surface area contributed by atoms with Crippen LogP contribution in [-0.2, 0) is 4.79 Å². The molecule has 64 heavy (non-hydrogen) atoms. The van der Waals surface area contributed by atoms with Crippen molar-refractivity contribution >= 4 is 82.7 Å². The second-order valence-electron chi connectivity index (χ2n) is 16.1. The Morgan fingerprint density at radius 2 is 1.06 bits per heavy atom. The van der Waals surface area contributed by atoms with E-state index in [0.717, 1.165) is 107 Å². The zero-order valence-electron chi connectivity index (χ0n) is 37.4. The number of thiophene rings is 2. The fourth-order valence-corrected chi connectivity index (χ4v) is 10.5. The first-order chi connectivity index (χ1) is 31.3. The van der Waals surface area contributed by atoms with Crippen molar-refractivity contribution in [2.24, 2.45) is 0 Å². The number of unbranched alkanes of at least 4 members (excludes halogenated alkanes) is 10. The number of nitriles is 1. The molecule has 7 aromatic rings. The van der Waals surface area contributed by atoms with Crippen LogP contribution in [0.5, 0.6) is 23.0 Å². The van der Waals surface area contributed by atoms with Crippen molar-refractivity contribution in [1.82, 2.24) is 0 Å². The highest BCUT2D eigenvalue weighted by atomic mass is 32.1. The number of carboxylic acid groups (broad SMARTS) is 1. The summed E-state index contributed by atoms with van der Waals surface area (Å²) < 4.78 is 26.2. The minimum Gasteiger partial charge on any atom is -0.497 e. The molecule has 1 N–H and O–H groups in total. The molecule has 0 aliphatic carbocycles. The molecule has 5 aromatic carbocycles. The highest BCUT2D eigenvalue weighted by Crippen LogP contribution is 2.49. The number of nitrogens with zero attached hydrogens (tertiary/aromatic N) is 2. The molecule has 0 atom stereocenters. The number of anilines is 3. The molecule has 2 heterocycles. The lowest BCUT2D eigenvalue weighted by Gasteiger charge is -2.26. The van der Waals surface area contributed by atoms with E-state index in [1.807, 2.05) is 36.4 Å². The van der Waals surface area contributed by atoms with Gasteiger partial charge in [0.25, 0.3) is 0 Å². The second kappa shape index (κ2) is 22.6. The van der Waals surface area contributed by atoms with E-state index in [1.165, 1.54) is 68.8 Å². The van der Waals surface area contributed by atoms with Gasteiger partial charge in [0, 0.05) is 37.6 Å². The molecule has 7 rings (SSSR count). The summed E-state index contributed by atoms with van der Waals surface area (Å²) >= 11 is 3.22. The smallest absolute Gasteiger partial charge is 0.346 e. The van der Waals surface area contributed by atoms with Crippen LogP contribution < -0.4 is 23.8 Å². The van der Waals surface area contributed by atoms with Crippen molar-refractivity contribution in [2.75, 3.05) is 32.3 Å². The number of methoxy groups -OCH3 is 2. The number of fused-ring (bicyclic) bond motifs is 6. The number of aliphatic carboxylic acids is 1. The van der Waals surface area contributed by atoms with Crippen LogP contribution >= 0.6 is 22.7 Å². The lowest BCUT2D eigenvalue weighted by molar-refractivity contribution is -0.132. The van der Waals surface area contributed by atoms with Crippen molar-refractivity contribution < 1.29 is 28.8 Å². The quantitative estimate of drug-likeness (QED) is 0.0364. The molecule has 0 unspecified atom stereocenters. The van der Waals surface area contributed by atoms with Gasteiger partial charge in [-0.2, -0.15) is 5.26 Å². The van der Waals surface area contributed by atoms with E-state index < -0.39 is 5.97 Å². The van der Waals surface area contributed by atoms with E-state index in [9.17, 15) is 15.2 Å². The largest absolute Gasteiger partial charge is 0.497 e. The third-order valence-electron chi connectivity index (χ3n) is 11.6. The van der Waals surface area contributed by atoms with Crippen molar-refractivity contribution in [3.8, 4) is 39.5 Å². The zero-order chi connectivity index (χ0) is 44.8. The Balaban J connectivity index is 1.30. The van der Waals surface area contributed by atoms with E-state index in [-0.39, 0.29) is 5.57 Å². The fraction of sp³-hybridized carbons (Fsp3) is 0.333. The molecular weight excluding hydrogens is 837 g/mol. The Morgan fingerprint density at radius 3 is 1.53 bits per heavy atom. The molecule has 2 aromatic heterocycles. The second-order valence-corrected chi connectivity index (χ2v) is 18.2. The molecule has 0 radical (unpaired) electrons. The number of carboxylic acids is 1. The maximum absolute atomic E-state index is 11.9.